The zero-order valence-electron chi connectivity index (χ0n) is 14.9. The van der Waals surface area contributed by atoms with Crippen LogP contribution in [0.1, 0.15) is 34.6 Å². The minimum absolute atomic E-state index is 0.168. The molecule has 0 aliphatic rings. The molecule has 1 amide bonds. The number of para-hydroxylation sites is 1. The lowest BCUT2D eigenvalue weighted by molar-refractivity contribution is 0.0777. The number of pyridine rings is 1. The molecule has 26 heavy (non-hydrogen) atoms. The van der Waals surface area contributed by atoms with Crippen LogP contribution in [0.15, 0.2) is 59.3 Å². The van der Waals surface area contributed by atoms with Crippen molar-refractivity contribution < 1.29 is 13.9 Å². The number of aryl methyl sites for hydroxylation is 1. The second kappa shape index (κ2) is 8.29. The van der Waals surface area contributed by atoms with Gasteiger partial charge in [-0.1, -0.05) is 31.2 Å². The third-order valence-corrected chi connectivity index (χ3v) is 3.92. The molecule has 0 saturated heterocycles. The Labute approximate surface area is 152 Å². The van der Waals surface area contributed by atoms with Crippen LogP contribution in [0, 0.1) is 0 Å². The van der Waals surface area contributed by atoms with Crippen LogP contribution in [0.2, 0.25) is 0 Å². The molecule has 0 bridgehead atoms. The number of hydrogen-bond acceptors (Lipinski definition) is 5. The summed E-state index contributed by atoms with van der Waals surface area (Å²) in [5.74, 6) is 0.856. The van der Waals surface area contributed by atoms with Crippen molar-refractivity contribution in [3.63, 3.8) is 0 Å². The Morgan fingerprint density at radius 1 is 1.19 bits per heavy atom. The highest BCUT2D eigenvalue weighted by Gasteiger charge is 2.17. The first-order valence-corrected chi connectivity index (χ1v) is 8.47. The molecule has 0 N–H and O–H groups in total. The van der Waals surface area contributed by atoms with Gasteiger partial charge in [0.05, 0.1) is 12.2 Å². The molecular formula is C20H21N3O3. The van der Waals surface area contributed by atoms with Crippen LogP contribution in [0.4, 0.5) is 0 Å². The maximum atomic E-state index is 12.5. The molecule has 0 fully saturated rings. The Bertz CT molecular complexity index is 844. The second-order valence-corrected chi connectivity index (χ2v) is 5.90. The van der Waals surface area contributed by atoms with E-state index >= 15 is 0 Å². The molecular weight excluding hydrogens is 330 g/mol. The summed E-state index contributed by atoms with van der Waals surface area (Å²) in [6.45, 7) is 2.66. The lowest BCUT2D eigenvalue weighted by Crippen LogP contribution is -2.27. The van der Waals surface area contributed by atoms with E-state index in [0.29, 0.717) is 12.4 Å². The van der Waals surface area contributed by atoms with E-state index in [9.17, 15) is 4.79 Å². The van der Waals surface area contributed by atoms with E-state index in [1.54, 1.807) is 11.9 Å². The number of aromatic nitrogens is 2. The van der Waals surface area contributed by atoms with Gasteiger partial charge in [-0.2, -0.15) is 0 Å². The van der Waals surface area contributed by atoms with E-state index in [1.165, 1.54) is 11.8 Å². The van der Waals surface area contributed by atoms with E-state index in [4.69, 9.17) is 9.15 Å². The van der Waals surface area contributed by atoms with Crippen LogP contribution in [0.5, 0.6) is 5.75 Å². The maximum Gasteiger partial charge on any atom is 0.275 e. The highest BCUT2D eigenvalue weighted by molar-refractivity contribution is 5.91. The average molecular weight is 351 g/mol. The maximum absolute atomic E-state index is 12.5. The fourth-order valence-corrected chi connectivity index (χ4v) is 2.41. The van der Waals surface area contributed by atoms with E-state index in [2.05, 4.69) is 16.9 Å². The Morgan fingerprint density at radius 3 is 2.69 bits per heavy atom. The van der Waals surface area contributed by atoms with Crippen LogP contribution in [0.3, 0.4) is 0 Å². The molecule has 2 aromatic heterocycles. The summed E-state index contributed by atoms with van der Waals surface area (Å²) in [7, 11) is 1.71. The number of rotatable bonds is 7. The standard InChI is InChI=1S/C20H21N3O3/c1-3-15-9-10-16(21-11-15)12-23(2)20(24)18-13-26-19(22-18)14-25-17-7-5-4-6-8-17/h4-11,13H,3,12,14H2,1-2H3. The number of ether oxygens (including phenoxy) is 1. The van der Waals surface area contributed by atoms with Crippen molar-refractivity contribution in [1.29, 1.82) is 0 Å². The summed E-state index contributed by atoms with van der Waals surface area (Å²) < 4.78 is 10.9. The molecule has 2 heterocycles. The van der Waals surface area contributed by atoms with Crippen LogP contribution in [-0.4, -0.2) is 27.8 Å². The number of benzene rings is 1. The average Bonchev–Trinajstić information content (AvgIpc) is 3.16. The summed E-state index contributed by atoms with van der Waals surface area (Å²) in [4.78, 5) is 22.6. The quantitative estimate of drug-likeness (QED) is 0.652. The van der Waals surface area contributed by atoms with Crippen molar-refractivity contribution in [2.45, 2.75) is 26.5 Å². The Morgan fingerprint density at radius 2 is 2.00 bits per heavy atom. The molecule has 3 aromatic rings. The van der Waals surface area contributed by atoms with Crippen molar-refractivity contribution in [2.24, 2.45) is 0 Å². The van der Waals surface area contributed by atoms with Gasteiger partial charge in [-0.25, -0.2) is 4.98 Å². The van der Waals surface area contributed by atoms with Gasteiger partial charge in [-0.05, 0) is 30.2 Å². The van der Waals surface area contributed by atoms with E-state index < -0.39 is 0 Å². The molecule has 0 saturated carbocycles. The molecule has 6 nitrogen and oxygen atoms in total. The Kier molecular flexibility index (Phi) is 5.63. The molecule has 0 aliphatic carbocycles. The number of carbonyl (C=O) groups is 1. The lowest BCUT2D eigenvalue weighted by Gasteiger charge is -2.15. The monoisotopic (exact) mass is 351 g/mol. The molecule has 0 spiro atoms. The van der Waals surface area contributed by atoms with Gasteiger partial charge in [0.1, 0.15) is 12.0 Å². The van der Waals surface area contributed by atoms with Gasteiger partial charge >= 0.3 is 0 Å². The molecule has 3 rings (SSSR count). The molecule has 1 aromatic carbocycles. The largest absolute Gasteiger partial charge is 0.484 e. The summed E-state index contributed by atoms with van der Waals surface area (Å²) in [6.07, 6.45) is 4.13. The number of nitrogens with zero attached hydrogens (tertiary/aromatic N) is 3. The number of hydrogen-bond donors (Lipinski definition) is 0. The Hall–Kier alpha value is -3.15. The van der Waals surface area contributed by atoms with Crippen LogP contribution in [0.25, 0.3) is 0 Å². The van der Waals surface area contributed by atoms with E-state index in [0.717, 1.165) is 17.9 Å². The minimum atomic E-state index is -0.221. The fraction of sp³-hybridized carbons (Fsp3) is 0.250. The van der Waals surface area contributed by atoms with Crippen LogP contribution in [-0.2, 0) is 19.6 Å². The van der Waals surface area contributed by atoms with Crippen LogP contribution < -0.4 is 4.74 Å². The van der Waals surface area contributed by atoms with Gasteiger partial charge < -0.3 is 14.1 Å². The van der Waals surface area contributed by atoms with Crippen molar-refractivity contribution >= 4 is 5.91 Å². The SMILES string of the molecule is CCc1ccc(CN(C)C(=O)c2coc(COc3ccccc3)n2)nc1. The zero-order chi connectivity index (χ0) is 18.4. The van der Waals surface area contributed by atoms with Gasteiger partial charge in [0, 0.05) is 13.2 Å². The third kappa shape index (κ3) is 4.47. The predicted octanol–water partition coefficient (Wildman–Crippen LogP) is 3.48. The molecule has 0 radical (unpaired) electrons. The van der Waals surface area contributed by atoms with E-state index in [-0.39, 0.29) is 18.2 Å². The summed E-state index contributed by atoms with van der Waals surface area (Å²) in [5, 5.41) is 0. The molecule has 0 unspecified atom stereocenters. The number of carbonyl (C=O) groups excluding carboxylic acids is 1. The minimum Gasteiger partial charge on any atom is -0.484 e. The summed E-state index contributed by atoms with van der Waals surface area (Å²) in [6, 6.07) is 13.3. The van der Waals surface area contributed by atoms with Gasteiger partial charge in [-0.15, -0.1) is 0 Å². The smallest absolute Gasteiger partial charge is 0.275 e. The van der Waals surface area contributed by atoms with Crippen molar-refractivity contribution in [2.75, 3.05) is 7.05 Å². The second-order valence-electron chi connectivity index (χ2n) is 5.90. The summed E-state index contributed by atoms with van der Waals surface area (Å²) >= 11 is 0. The van der Waals surface area contributed by atoms with E-state index in [1.807, 2.05) is 48.7 Å². The van der Waals surface area contributed by atoms with Gasteiger partial charge in [0.15, 0.2) is 12.3 Å². The first kappa shape index (κ1) is 17.7. The lowest BCUT2D eigenvalue weighted by atomic mass is 10.2. The number of oxazole rings is 1. The first-order chi connectivity index (χ1) is 12.7. The molecule has 0 atom stereocenters. The number of amides is 1. The predicted molar refractivity (Wildman–Crippen MR) is 96.7 cm³/mol. The van der Waals surface area contributed by atoms with Crippen molar-refractivity contribution in [3.8, 4) is 5.75 Å². The summed E-state index contributed by atoms with van der Waals surface area (Å²) in [5.41, 5.74) is 2.25. The molecule has 0 aliphatic heterocycles. The van der Waals surface area contributed by atoms with Crippen molar-refractivity contribution in [1.82, 2.24) is 14.9 Å². The highest BCUT2D eigenvalue weighted by Crippen LogP contribution is 2.13. The highest BCUT2D eigenvalue weighted by atomic mass is 16.5. The van der Waals surface area contributed by atoms with Gasteiger partial charge in [0.2, 0.25) is 5.89 Å². The van der Waals surface area contributed by atoms with Gasteiger partial charge in [-0.3, -0.25) is 9.78 Å². The Balaban J connectivity index is 1.57. The van der Waals surface area contributed by atoms with Gasteiger partial charge in [0.25, 0.3) is 5.91 Å². The first-order valence-electron chi connectivity index (χ1n) is 8.47. The topological polar surface area (TPSA) is 68.5 Å². The molecule has 134 valence electrons. The zero-order valence-corrected chi connectivity index (χ0v) is 14.9. The fourth-order valence-electron chi connectivity index (χ4n) is 2.41. The van der Waals surface area contributed by atoms with Crippen molar-refractivity contribution in [3.05, 3.63) is 77.8 Å². The molecule has 6 heteroatoms. The normalized spacial score (nSPS) is 10.5. The third-order valence-electron chi connectivity index (χ3n) is 3.92. The van der Waals surface area contributed by atoms with Crippen LogP contribution >= 0.6 is 0 Å².